The molecular formula is C13H19N. The maximum absolute atomic E-state index is 6.08. The van der Waals surface area contributed by atoms with E-state index in [0.717, 1.165) is 5.92 Å². The van der Waals surface area contributed by atoms with Gasteiger partial charge in [-0.25, -0.2) is 0 Å². The third-order valence-corrected chi connectivity index (χ3v) is 3.46. The Morgan fingerprint density at radius 2 is 2.07 bits per heavy atom. The molecule has 0 aliphatic heterocycles. The number of benzene rings is 1. The first-order chi connectivity index (χ1) is 6.77. The molecule has 1 fully saturated rings. The highest BCUT2D eigenvalue weighted by atomic mass is 14.7. The van der Waals surface area contributed by atoms with Crippen molar-refractivity contribution in [2.75, 3.05) is 0 Å². The molecule has 0 aromatic heterocycles. The molecule has 0 unspecified atom stereocenters. The zero-order chi connectivity index (χ0) is 9.97. The van der Waals surface area contributed by atoms with Gasteiger partial charge in [0, 0.05) is 6.04 Å². The molecule has 0 heterocycles. The highest BCUT2D eigenvalue weighted by molar-refractivity contribution is 5.26. The predicted octanol–water partition coefficient (Wildman–Crippen LogP) is 2.66. The number of hydrogen-bond acceptors (Lipinski definition) is 1. The van der Waals surface area contributed by atoms with Crippen LogP contribution in [0, 0.1) is 12.8 Å². The molecule has 0 bridgehead atoms. The van der Waals surface area contributed by atoms with E-state index in [4.69, 9.17) is 5.73 Å². The molecule has 2 rings (SSSR count). The van der Waals surface area contributed by atoms with Gasteiger partial charge in [0.05, 0.1) is 0 Å². The average molecular weight is 189 g/mol. The topological polar surface area (TPSA) is 26.0 Å². The van der Waals surface area contributed by atoms with Crippen LogP contribution in [0.3, 0.4) is 0 Å². The van der Waals surface area contributed by atoms with Crippen LogP contribution in [0.5, 0.6) is 0 Å². The van der Waals surface area contributed by atoms with E-state index in [1.807, 2.05) is 0 Å². The maximum atomic E-state index is 6.08. The smallest absolute Gasteiger partial charge is 0.00703 e. The summed E-state index contributed by atoms with van der Waals surface area (Å²) in [6.07, 6.45) is 5.03. The van der Waals surface area contributed by atoms with E-state index in [1.54, 1.807) is 0 Å². The fourth-order valence-electron chi connectivity index (χ4n) is 2.44. The van der Waals surface area contributed by atoms with Crippen molar-refractivity contribution in [3.8, 4) is 0 Å². The van der Waals surface area contributed by atoms with Gasteiger partial charge in [0.2, 0.25) is 0 Å². The fraction of sp³-hybridized carbons (Fsp3) is 0.538. The van der Waals surface area contributed by atoms with Crippen molar-refractivity contribution < 1.29 is 0 Å². The van der Waals surface area contributed by atoms with Crippen molar-refractivity contribution in [1.82, 2.24) is 0 Å². The lowest BCUT2D eigenvalue weighted by Gasteiger charge is -2.16. The van der Waals surface area contributed by atoms with Crippen LogP contribution in [0.2, 0.25) is 0 Å². The molecular weight excluding hydrogens is 170 g/mol. The maximum Gasteiger partial charge on any atom is 0.00703 e. The molecule has 1 aromatic rings. The molecule has 1 nitrogen and oxygen atoms in total. The normalized spacial score (nSPS) is 26.7. The van der Waals surface area contributed by atoms with Crippen molar-refractivity contribution in [3.05, 3.63) is 35.4 Å². The number of hydrogen-bond donors (Lipinski definition) is 1. The van der Waals surface area contributed by atoms with Crippen LogP contribution in [0.1, 0.15) is 30.4 Å². The number of rotatable bonds is 2. The van der Waals surface area contributed by atoms with E-state index in [9.17, 15) is 0 Å². The van der Waals surface area contributed by atoms with Crippen LogP contribution < -0.4 is 5.73 Å². The molecule has 1 aliphatic carbocycles. The van der Waals surface area contributed by atoms with Crippen LogP contribution in [-0.2, 0) is 6.42 Å². The Kier molecular flexibility index (Phi) is 2.87. The molecule has 0 radical (unpaired) electrons. The summed E-state index contributed by atoms with van der Waals surface area (Å²) in [6, 6.07) is 9.10. The molecule has 1 aliphatic rings. The summed E-state index contributed by atoms with van der Waals surface area (Å²) >= 11 is 0. The van der Waals surface area contributed by atoms with Crippen molar-refractivity contribution in [3.63, 3.8) is 0 Å². The van der Waals surface area contributed by atoms with E-state index in [2.05, 4.69) is 31.2 Å². The lowest BCUT2D eigenvalue weighted by molar-refractivity contribution is 0.478. The van der Waals surface area contributed by atoms with Gasteiger partial charge in [-0.1, -0.05) is 30.7 Å². The third kappa shape index (κ3) is 1.98. The quantitative estimate of drug-likeness (QED) is 0.760. The lowest BCUT2D eigenvalue weighted by atomic mass is 9.93. The second-order valence-electron chi connectivity index (χ2n) is 4.49. The summed E-state index contributed by atoms with van der Waals surface area (Å²) in [5, 5.41) is 0. The Morgan fingerprint density at radius 1 is 1.29 bits per heavy atom. The minimum atomic E-state index is 0.439. The minimum Gasteiger partial charge on any atom is -0.327 e. The lowest BCUT2D eigenvalue weighted by Crippen LogP contribution is -2.26. The molecule has 2 N–H and O–H groups in total. The van der Waals surface area contributed by atoms with E-state index in [-0.39, 0.29) is 0 Å². The van der Waals surface area contributed by atoms with Gasteiger partial charge >= 0.3 is 0 Å². The molecule has 0 amide bonds. The summed E-state index contributed by atoms with van der Waals surface area (Å²) in [7, 11) is 0. The fourth-order valence-corrected chi connectivity index (χ4v) is 2.44. The van der Waals surface area contributed by atoms with Gasteiger partial charge < -0.3 is 5.73 Å². The Balaban J connectivity index is 2.07. The Hall–Kier alpha value is -0.820. The van der Waals surface area contributed by atoms with Gasteiger partial charge in [0.15, 0.2) is 0 Å². The first-order valence-electron chi connectivity index (χ1n) is 5.57. The molecule has 0 spiro atoms. The number of nitrogens with two attached hydrogens (primary N) is 1. The van der Waals surface area contributed by atoms with Gasteiger partial charge in [-0.3, -0.25) is 0 Å². The van der Waals surface area contributed by atoms with Gasteiger partial charge in [0.25, 0.3) is 0 Å². The van der Waals surface area contributed by atoms with E-state index >= 15 is 0 Å². The summed E-state index contributed by atoms with van der Waals surface area (Å²) < 4.78 is 0. The van der Waals surface area contributed by atoms with Gasteiger partial charge in [0.1, 0.15) is 0 Å². The Labute approximate surface area is 86.3 Å². The van der Waals surface area contributed by atoms with E-state index in [1.165, 1.54) is 36.8 Å². The molecule has 76 valence electrons. The van der Waals surface area contributed by atoms with Crippen LogP contribution in [0.4, 0.5) is 0 Å². The van der Waals surface area contributed by atoms with Crippen LogP contribution >= 0.6 is 0 Å². The van der Waals surface area contributed by atoms with Gasteiger partial charge in [-0.2, -0.15) is 0 Å². The SMILES string of the molecule is Cc1ccccc1C[C@H]1CCC[C@H]1N. The molecule has 14 heavy (non-hydrogen) atoms. The zero-order valence-electron chi connectivity index (χ0n) is 8.87. The third-order valence-electron chi connectivity index (χ3n) is 3.46. The largest absolute Gasteiger partial charge is 0.327 e. The summed E-state index contributed by atoms with van der Waals surface area (Å²) in [5.41, 5.74) is 8.97. The van der Waals surface area contributed by atoms with Crippen LogP contribution in [0.25, 0.3) is 0 Å². The second kappa shape index (κ2) is 4.14. The molecule has 1 heteroatoms. The van der Waals surface area contributed by atoms with Crippen LogP contribution in [-0.4, -0.2) is 6.04 Å². The van der Waals surface area contributed by atoms with Crippen LogP contribution in [0.15, 0.2) is 24.3 Å². The first kappa shape index (κ1) is 9.72. The van der Waals surface area contributed by atoms with E-state index in [0.29, 0.717) is 6.04 Å². The molecule has 2 atom stereocenters. The Morgan fingerprint density at radius 3 is 2.71 bits per heavy atom. The minimum absolute atomic E-state index is 0.439. The Bertz CT molecular complexity index is 306. The summed E-state index contributed by atoms with van der Waals surface area (Å²) in [4.78, 5) is 0. The standard InChI is InChI=1S/C13H19N/c1-10-5-2-3-6-11(10)9-12-7-4-8-13(12)14/h2-3,5-6,12-13H,4,7-9,14H2,1H3/t12-,13-/m1/s1. The highest BCUT2D eigenvalue weighted by Gasteiger charge is 2.24. The molecule has 1 saturated carbocycles. The summed E-state index contributed by atoms with van der Waals surface area (Å²) in [5.74, 6) is 0.719. The summed E-state index contributed by atoms with van der Waals surface area (Å²) in [6.45, 7) is 2.19. The monoisotopic (exact) mass is 189 g/mol. The van der Waals surface area contributed by atoms with E-state index < -0.39 is 0 Å². The van der Waals surface area contributed by atoms with Crippen molar-refractivity contribution in [1.29, 1.82) is 0 Å². The van der Waals surface area contributed by atoms with Gasteiger partial charge in [-0.05, 0) is 43.2 Å². The van der Waals surface area contributed by atoms with Crippen molar-refractivity contribution in [2.45, 2.75) is 38.6 Å². The van der Waals surface area contributed by atoms with Crippen molar-refractivity contribution in [2.24, 2.45) is 11.7 Å². The average Bonchev–Trinajstić information content (AvgIpc) is 2.56. The predicted molar refractivity (Wildman–Crippen MR) is 60.2 cm³/mol. The first-order valence-corrected chi connectivity index (χ1v) is 5.57. The number of aryl methyl sites for hydroxylation is 1. The second-order valence-corrected chi connectivity index (χ2v) is 4.49. The molecule has 0 saturated heterocycles. The molecule has 1 aromatic carbocycles. The zero-order valence-corrected chi connectivity index (χ0v) is 8.87. The highest BCUT2D eigenvalue weighted by Crippen LogP contribution is 2.28. The van der Waals surface area contributed by atoms with Gasteiger partial charge in [-0.15, -0.1) is 0 Å². The van der Waals surface area contributed by atoms with Crippen molar-refractivity contribution >= 4 is 0 Å².